The molecule has 1 saturated carbocycles. The first-order valence-corrected chi connectivity index (χ1v) is 14.0. The van der Waals surface area contributed by atoms with Gasteiger partial charge >= 0.3 is 0 Å². The summed E-state index contributed by atoms with van der Waals surface area (Å²) in [6, 6.07) is 14.2. The molecule has 3 N–H and O–H groups in total. The summed E-state index contributed by atoms with van der Waals surface area (Å²) in [5, 5.41) is 10.7. The Morgan fingerprint density at radius 1 is 1.25 bits per heavy atom. The van der Waals surface area contributed by atoms with Gasteiger partial charge in [0.15, 0.2) is 0 Å². The van der Waals surface area contributed by atoms with Crippen LogP contribution in [0.25, 0.3) is 0 Å². The van der Waals surface area contributed by atoms with Crippen LogP contribution >= 0.6 is 11.9 Å². The van der Waals surface area contributed by atoms with Crippen LogP contribution in [0.3, 0.4) is 0 Å². The third-order valence-electron chi connectivity index (χ3n) is 6.44. The zero-order valence-corrected chi connectivity index (χ0v) is 23.1. The van der Waals surface area contributed by atoms with E-state index in [1.54, 1.807) is 11.9 Å². The van der Waals surface area contributed by atoms with Crippen LogP contribution in [0.2, 0.25) is 0 Å². The summed E-state index contributed by atoms with van der Waals surface area (Å²) in [7, 11) is 2.01. The molecule has 3 atom stereocenters. The normalized spacial score (nSPS) is 17.5. The predicted octanol–water partition coefficient (Wildman–Crippen LogP) is 5.54. The van der Waals surface area contributed by atoms with E-state index in [1.807, 2.05) is 43.5 Å². The largest absolute Gasteiger partial charge is 0.370 e. The molecule has 1 amide bonds. The molecule has 1 aliphatic rings. The quantitative estimate of drug-likeness (QED) is 0.157. The lowest BCUT2D eigenvalue weighted by Crippen LogP contribution is -2.38. The van der Waals surface area contributed by atoms with Gasteiger partial charge in [0.05, 0.1) is 0 Å². The van der Waals surface area contributed by atoms with Gasteiger partial charge in [0, 0.05) is 30.4 Å². The summed E-state index contributed by atoms with van der Waals surface area (Å²) in [5.41, 5.74) is 1.86. The zero-order valence-electron chi connectivity index (χ0n) is 22.3. The highest BCUT2D eigenvalue weighted by molar-refractivity contribution is 8.01. The molecule has 1 fully saturated rings. The molecule has 36 heavy (non-hydrogen) atoms. The van der Waals surface area contributed by atoms with E-state index < -0.39 is 0 Å². The monoisotopic (exact) mass is 509 g/mol. The van der Waals surface area contributed by atoms with E-state index in [1.165, 1.54) is 12.0 Å². The topological polar surface area (TPSA) is 69.3 Å². The number of anilines is 2. The molecule has 0 saturated heterocycles. The van der Waals surface area contributed by atoms with Crippen LogP contribution in [0.15, 0.2) is 55.1 Å². The fourth-order valence-electron chi connectivity index (χ4n) is 4.19. The molecule has 0 radical (unpaired) electrons. The number of carbonyl (C=O) groups is 1. The molecule has 1 heterocycles. The fourth-order valence-corrected chi connectivity index (χ4v) is 5.02. The summed E-state index contributed by atoms with van der Waals surface area (Å²) in [6.45, 7) is 13.0. The molecule has 1 aromatic carbocycles. The Hall–Kier alpha value is -2.51. The van der Waals surface area contributed by atoms with Gasteiger partial charge in [-0.2, -0.15) is 0 Å². The average Bonchev–Trinajstić information content (AvgIpc) is 3.57. The van der Waals surface area contributed by atoms with Gasteiger partial charge in [0.2, 0.25) is 0 Å². The minimum Gasteiger partial charge on any atom is -0.370 e. The van der Waals surface area contributed by atoms with Crippen LogP contribution in [0.5, 0.6) is 0 Å². The molecule has 1 aromatic heterocycles. The molecule has 3 rings (SSSR count). The van der Waals surface area contributed by atoms with E-state index in [9.17, 15) is 4.79 Å². The number of benzene rings is 1. The van der Waals surface area contributed by atoms with E-state index in [2.05, 4.69) is 59.7 Å². The number of nitrogens with zero attached hydrogens (tertiary/aromatic N) is 2. The molecular formula is C29H43N5OS. The first kappa shape index (κ1) is 28.1. The van der Waals surface area contributed by atoms with Crippen LogP contribution < -0.4 is 20.3 Å². The number of nitrogens with one attached hydrogen (secondary N) is 3. The Labute approximate surface area is 221 Å². The second-order valence-electron chi connectivity index (χ2n) is 10.1. The van der Waals surface area contributed by atoms with Gasteiger partial charge in [-0.3, -0.25) is 4.79 Å². The van der Waals surface area contributed by atoms with Crippen molar-refractivity contribution in [3.63, 3.8) is 0 Å². The number of amides is 1. The highest BCUT2D eigenvalue weighted by atomic mass is 32.2. The van der Waals surface area contributed by atoms with Crippen molar-refractivity contribution in [3.05, 3.63) is 66.2 Å². The Morgan fingerprint density at radius 3 is 2.67 bits per heavy atom. The molecule has 6 nitrogen and oxygen atoms in total. The predicted molar refractivity (Wildman–Crippen MR) is 155 cm³/mol. The number of rotatable bonds is 16. The molecule has 2 aromatic rings. The van der Waals surface area contributed by atoms with Crippen molar-refractivity contribution in [2.75, 3.05) is 36.3 Å². The van der Waals surface area contributed by atoms with Crippen molar-refractivity contribution in [2.45, 2.75) is 57.7 Å². The average molecular weight is 510 g/mol. The summed E-state index contributed by atoms with van der Waals surface area (Å²) < 4.78 is 2.05. The van der Waals surface area contributed by atoms with Crippen molar-refractivity contribution < 1.29 is 4.79 Å². The summed E-state index contributed by atoms with van der Waals surface area (Å²) in [4.78, 5) is 18.3. The number of hydrogen-bond donors (Lipinski definition) is 3. The molecular weight excluding hydrogens is 466 g/mol. The van der Waals surface area contributed by atoms with Gasteiger partial charge in [-0.1, -0.05) is 57.2 Å². The maximum atomic E-state index is 13.5. The number of pyridine rings is 1. The Kier molecular flexibility index (Phi) is 11.1. The maximum Gasteiger partial charge on any atom is 0.251 e. The molecule has 0 bridgehead atoms. The van der Waals surface area contributed by atoms with Crippen LogP contribution in [-0.4, -0.2) is 48.9 Å². The molecule has 7 heteroatoms. The van der Waals surface area contributed by atoms with Crippen molar-refractivity contribution in [1.82, 2.24) is 15.6 Å². The maximum absolute atomic E-state index is 13.5. The first-order chi connectivity index (χ1) is 17.4. The van der Waals surface area contributed by atoms with Gasteiger partial charge < -0.3 is 20.3 Å². The molecule has 0 unspecified atom stereocenters. The third kappa shape index (κ3) is 9.51. The van der Waals surface area contributed by atoms with Crippen LogP contribution in [0.1, 0.15) is 56.0 Å². The van der Waals surface area contributed by atoms with E-state index >= 15 is 0 Å². The fraction of sp³-hybridized carbons (Fsp3) is 0.517. The van der Waals surface area contributed by atoms with E-state index in [4.69, 9.17) is 4.98 Å². The second kappa shape index (κ2) is 14.3. The van der Waals surface area contributed by atoms with Crippen LogP contribution in [0.4, 0.5) is 11.6 Å². The SMILES string of the molecule is C=CCCNCC[C@H](Cc1ccccc1)NC(=O)c1cc(NC[C@H]2C[C@@H]2C)nc(N(C)SC(C)C)c1. The van der Waals surface area contributed by atoms with Crippen molar-refractivity contribution in [1.29, 1.82) is 0 Å². The number of carbonyl (C=O) groups excluding carboxylic acids is 1. The Balaban J connectivity index is 1.74. The van der Waals surface area contributed by atoms with E-state index in [0.717, 1.165) is 56.5 Å². The van der Waals surface area contributed by atoms with Crippen molar-refractivity contribution in [3.8, 4) is 0 Å². The highest BCUT2D eigenvalue weighted by Crippen LogP contribution is 2.37. The van der Waals surface area contributed by atoms with Gasteiger partial charge in [-0.15, -0.1) is 6.58 Å². The lowest BCUT2D eigenvalue weighted by atomic mass is 10.0. The van der Waals surface area contributed by atoms with Crippen molar-refractivity contribution >= 4 is 29.5 Å². The van der Waals surface area contributed by atoms with Crippen LogP contribution in [-0.2, 0) is 6.42 Å². The van der Waals surface area contributed by atoms with Crippen molar-refractivity contribution in [2.24, 2.45) is 11.8 Å². The zero-order chi connectivity index (χ0) is 25.9. The Morgan fingerprint density at radius 2 is 2.00 bits per heavy atom. The summed E-state index contributed by atoms with van der Waals surface area (Å²) in [6.07, 6.45) is 5.75. The lowest BCUT2D eigenvalue weighted by molar-refractivity contribution is 0.0935. The third-order valence-corrected chi connectivity index (χ3v) is 7.37. The molecule has 1 aliphatic carbocycles. The number of hydrogen-bond acceptors (Lipinski definition) is 6. The standard InChI is InChI=1S/C29H43N5OS/c1-6-7-14-30-15-13-26(17-23-11-9-8-10-12-23)32-29(35)24-18-27(31-20-25-16-22(25)4)33-28(19-24)34(5)36-21(2)3/h6,8-12,18-19,21-22,25-26,30H,1,7,13-17,20H2,2-5H3,(H,31,33)(H,32,35)/t22-,25+,26+/m0/s1. The first-order valence-electron chi connectivity index (χ1n) is 13.2. The minimum absolute atomic E-state index is 0.0271. The molecule has 0 aliphatic heterocycles. The summed E-state index contributed by atoms with van der Waals surface area (Å²) in [5.74, 6) is 2.95. The van der Waals surface area contributed by atoms with Gasteiger partial charge in [-0.25, -0.2) is 4.98 Å². The molecule has 196 valence electrons. The van der Waals surface area contributed by atoms with Crippen LogP contribution in [0, 0.1) is 11.8 Å². The lowest BCUT2D eigenvalue weighted by Gasteiger charge is -2.22. The van der Waals surface area contributed by atoms with E-state index in [0.29, 0.717) is 16.7 Å². The minimum atomic E-state index is -0.0588. The highest BCUT2D eigenvalue weighted by Gasteiger charge is 2.32. The smallest absolute Gasteiger partial charge is 0.251 e. The number of aromatic nitrogens is 1. The van der Waals surface area contributed by atoms with Gasteiger partial charge in [0.25, 0.3) is 5.91 Å². The second-order valence-corrected chi connectivity index (χ2v) is 11.8. The Bertz CT molecular complexity index is 967. The summed E-state index contributed by atoms with van der Waals surface area (Å²) >= 11 is 1.70. The van der Waals surface area contributed by atoms with E-state index in [-0.39, 0.29) is 11.9 Å². The van der Waals surface area contributed by atoms with Gasteiger partial charge in [0.1, 0.15) is 11.6 Å². The molecule has 0 spiro atoms. The van der Waals surface area contributed by atoms with Gasteiger partial charge in [-0.05, 0) is 80.3 Å².